The van der Waals surface area contributed by atoms with Crippen molar-refractivity contribution in [1.29, 1.82) is 0 Å². The zero-order valence-electron chi connectivity index (χ0n) is 22.5. The number of benzene rings is 2. The molecule has 204 valence electrons. The highest BCUT2D eigenvalue weighted by atomic mass is 19.1. The normalized spacial score (nSPS) is 17.1. The van der Waals surface area contributed by atoms with E-state index in [4.69, 9.17) is 4.98 Å². The van der Waals surface area contributed by atoms with Crippen LogP contribution in [-0.4, -0.2) is 28.8 Å². The number of Topliss-reactive ketones (excluding diaryl/α,β-unsaturated/α-hetero) is 1. The molecule has 0 spiro atoms. The minimum atomic E-state index is -0.535. The molecule has 1 aliphatic heterocycles. The number of aromatic nitrogens is 2. The van der Waals surface area contributed by atoms with E-state index in [0.717, 1.165) is 69.5 Å². The second-order valence-corrected chi connectivity index (χ2v) is 10.8. The van der Waals surface area contributed by atoms with Gasteiger partial charge in [-0.1, -0.05) is 42.5 Å². The van der Waals surface area contributed by atoms with Crippen molar-refractivity contribution in [2.75, 3.05) is 18.0 Å². The Morgan fingerprint density at radius 2 is 1.77 bits per heavy atom. The van der Waals surface area contributed by atoms with Gasteiger partial charge >= 0.3 is 0 Å². The topological polar surface area (TPSA) is 46.1 Å². The third-order valence-corrected chi connectivity index (χ3v) is 8.02. The monoisotopic (exact) mass is 529 g/mol. The summed E-state index contributed by atoms with van der Waals surface area (Å²) in [4.78, 5) is 24.1. The maximum Gasteiger partial charge on any atom is 0.139 e. The van der Waals surface area contributed by atoms with Gasteiger partial charge in [-0.3, -0.25) is 4.79 Å². The Hall–Kier alpha value is -3.41. The predicted molar refractivity (Wildman–Crippen MR) is 152 cm³/mol. The van der Waals surface area contributed by atoms with Crippen LogP contribution in [-0.2, 0) is 24.1 Å². The fourth-order valence-corrected chi connectivity index (χ4v) is 5.92. The third kappa shape index (κ3) is 6.97. The van der Waals surface area contributed by atoms with Gasteiger partial charge in [-0.2, -0.15) is 0 Å². The van der Waals surface area contributed by atoms with Gasteiger partial charge in [0.15, 0.2) is 0 Å². The van der Waals surface area contributed by atoms with Gasteiger partial charge in [0.2, 0.25) is 0 Å². The summed E-state index contributed by atoms with van der Waals surface area (Å²) in [6, 6.07) is 12.7. The fourth-order valence-electron chi connectivity index (χ4n) is 5.92. The van der Waals surface area contributed by atoms with E-state index in [-0.39, 0.29) is 17.8 Å². The summed E-state index contributed by atoms with van der Waals surface area (Å²) in [5.41, 5.74) is 5.03. The summed E-state index contributed by atoms with van der Waals surface area (Å²) >= 11 is 0. The van der Waals surface area contributed by atoms with Crippen molar-refractivity contribution in [2.24, 2.45) is 0 Å². The molecule has 2 heterocycles. The summed E-state index contributed by atoms with van der Waals surface area (Å²) in [6.07, 6.45) is 14.9. The largest absolute Gasteiger partial charge is 0.355 e. The summed E-state index contributed by atoms with van der Waals surface area (Å²) in [5, 5.41) is 0. The number of allylic oxidation sites excluding steroid dienone is 1. The highest BCUT2D eigenvalue weighted by Gasteiger charge is 2.25. The molecular formula is C33H37F2N3O. The summed E-state index contributed by atoms with van der Waals surface area (Å²) in [6.45, 7) is 1.96. The van der Waals surface area contributed by atoms with Crippen LogP contribution in [0.3, 0.4) is 0 Å². The van der Waals surface area contributed by atoms with Crippen molar-refractivity contribution in [3.8, 4) is 0 Å². The first kappa shape index (κ1) is 27.2. The Labute approximate surface area is 230 Å². The molecule has 3 aromatic rings. The molecule has 0 amide bonds. The van der Waals surface area contributed by atoms with Crippen LogP contribution in [0.15, 0.2) is 54.9 Å². The molecule has 1 aliphatic carbocycles. The molecule has 2 aromatic carbocycles. The number of ketones is 1. The van der Waals surface area contributed by atoms with Crippen molar-refractivity contribution < 1.29 is 13.6 Å². The molecule has 39 heavy (non-hydrogen) atoms. The average molecular weight is 530 g/mol. The van der Waals surface area contributed by atoms with Crippen molar-refractivity contribution in [1.82, 2.24) is 9.97 Å². The first-order valence-electron chi connectivity index (χ1n) is 14.4. The van der Waals surface area contributed by atoms with E-state index in [9.17, 15) is 13.6 Å². The van der Waals surface area contributed by atoms with Gasteiger partial charge in [0.25, 0.3) is 0 Å². The Morgan fingerprint density at radius 3 is 2.62 bits per heavy atom. The number of anilines is 1. The van der Waals surface area contributed by atoms with Crippen LogP contribution in [0.25, 0.3) is 6.08 Å². The standard InChI is InChI=1S/C33H37F2N3O/c34-30-17-7-18-31(35)28(30)16-6-14-27(39)13-5-10-24-9-4-11-25(21-24)26-12-8-20-38(22-26)33-29-15-2-1-3-19-32(29)36-23-37-33/h2,4,7,9,11,15,17-18,21,23,26H,1,3,5-6,8,10,12-14,16,19-20,22H2. The van der Waals surface area contributed by atoms with E-state index >= 15 is 0 Å². The Balaban J connectivity index is 1.13. The predicted octanol–water partition coefficient (Wildman–Crippen LogP) is 7.40. The molecular weight excluding hydrogens is 492 g/mol. The SMILES string of the molecule is O=C(CCCc1cccc(C2CCCN(c3ncnc4c3C=CCCC4)C2)c1)CCCc1c(F)cccc1F. The molecule has 0 N–H and O–H groups in total. The van der Waals surface area contributed by atoms with Crippen LogP contribution >= 0.6 is 0 Å². The molecule has 2 aliphatic rings. The van der Waals surface area contributed by atoms with Gasteiger partial charge in [-0.15, -0.1) is 0 Å². The molecule has 0 radical (unpaired) electrons. The highest BCUT2D eigenvalue weighted by Crippen LogP contribution is 2.33. The number of carbonyl (C=O) groups is 1. The number of aryl methyl sites for hydroxylation is 2. The van der Waals surface area contributed by atoms with Gasteiger partial charge in [0.05, 0.1) is 5.69 Å². The van der Waals surface area contributed by atoms with Crippen LogP contribution in [0, 0.1) is 11.6 Å². The number of fused-ring (bicyclic) bond motifs is 1. The molecule has 0 saturated carbocycles. The maximum absolute atomic E-state index is 13.8. The van der Waals surface area contributed by atoms with Crippen molar-refractivity contribution in [2.45, 2.75) is 76.5 Å². The maximum atomic E-state index is 13.8. The summed E-state index contributed by atoms with van der Waals surface area (Å²) < 4.78 is 27.6. The minimum Gasteiger partial charge on any atom is -0.355 e. The van der Waals surface area contributed by atoms with Crippen LogP contribution in [0.4, 0.5) is 14.6 Å². The minimum absolute atomic E-state index is 0.0787. The molecule has 1 unspecified atom stereocenters. The van der Waals surface area contributed by atoms with Gasteiger partial charge in [0.1, 0.15) is 29.6 Å². The number of halogens is 2. The Morgan fingerprint density at radius 1 is 0.974 bits per heavy atom. The smallest absolute Gasteiger partial charge is 0.139 e. The molecule has 1 atom stereocenters. The van der Waals surface area contributed by atoms with E-state index in [1.807, 2.05) is 0 Å². The van der Waals surface area contributed by atoms with Gasteiger partial charge in [-0.25, -0.2) is 18.7 Å². The summed E-state index contributed by atoms with van der Waals surface area (Å²) in [7, 11) is 0. The first-order valence-corrected chi connectivity index (χ1v) is 14.4. The van der Waals surface area contributed by atoms with Gasteiger partial charge in [0, 0.05) is 43.0 Å². The molecule has 5 rings (SSSR count). The van der Waals surface area contributed by atoms with Crippen LogP contribution < -0.4 is 4.90 Å². The summed E-state index contributed by atoms with van der Waals surface area (Å²) in [5.74, 6) is 0.595. The van der Waals surface area contributed by atoms with Crippen molar-refractivity contribution in [3.63, 3.8) is 0 Å². The average Bonchev–Trinajstić information content (AvgIpc) is 3.21. The highest BCUT2D eigenvalue weighted by molar-refractivity contribution is 5.78. The van der Waals surface area contributed by atoms with Crippen LogP contribution in [0.2, 0.25) is 0 Å². The van der Waals surface area contributed by atoms with E-state index in [0.29, 0.717) is 25.2 Å². The molecule has 1 aromatic heterocycles. The van der Waals surface area contributed by atoms with Crippen molar-refractivity contribution in [3.05, 3.63) is 94.5 Å². The number of rotatable bonds is 10. The molecule has 1 fully saturated rings. The molecule has 4 nitrogen and oxygen atoms in total. The van der Waals surface area contributed by atoms with Gasteiger partial charge in [-0.05, 0) is 81.0 Å². The van der Waals surface area contributed by atoms with Crippen LogP contribution in [0.5, 0.6) is 0 Å². The van der Waals surface area contributed by atoms with E-state index in [2.05, 4.69) is 46.3 Å². The van der Waals surface area contributed by atoms with E-state index in [1.165, 1.54) is 34.9 Å². The third-order valence-electron chi connectivity index (χ3n) is 8.02. The zero-order chi connectivity index (χ0) is 27.0. The second-order valence-electron chi connectivity index (χ2n) is 10.8. The Bertz CT molecular complexity index is 1300. The number of piperidine rings is 1. The number of hydrogen-bond donors (Lipinski definition) is 0. The lowest BCUT2D eigenvalue weighted by Gasteiger charge is -2.35. The lowest BCUT2D eigenvalue weighted by atomic mass is 9.89. The van der Waals surface area contributed by atoms with Crippen LogP contribution in [0.1, 0.15) is 85.2 Å². The zero-order valence-corrected chi connectivity index (χ0v) is 22.5. The lowest BCUT2D eigenvalue weighted by molar-refractivity contribution is -0.119. The lowest BCUT2D eigenvalue weighted by Crippen LogP contribution is -2.35. The fraction of sp³-hybridized carbons (Fsp3) is 0.424. The Kier molecular flexibility index (Phi) is 9.12. The van der Waals surface area contributed by atoms with Crippen molar-refractivity contribution >= 4 is 17.7 Å². The van der Waals surface area contributed by atoms with E-state index < -0.39 is 11.6 Å². The van der Waals surface area contributed by atoms with E-state index in [1.54, 1.807) is 6.33 Å². The molecule has 1 saturated heterocycles. The molecule has 0 bridgehead atoms. The molecule has 6 heteroatoms. The number of carbonyl (C=O) groups excluding carboxylic acids is 1. The quantitative estimate of drug-likeness (QED) is 0.274. The number of hydrogen-bond acceptors (Lipinski definition) is 4. The first-order chi connectivity index (χ1) is 19.1. The second kappa shape index (κ2) is 13.1. The number of nitrogens with zero attached hydrogens (tertiary/aromatic N) is 3. The van der Waals surface area contributed by atoms with Gasteiger partial charge < -0.3 is 4.90 Å².